The van der Waals surface area contributed by atoms with E-state index in [1.807, 2.05) is 0 Å². The van der Waals surface area contributed by atoms with Crippen LogP contribution in [0.2, 0.25) is 0 Å². The van der Waals surface area contributed by atoms with Gasteiger partial charge in [0, 0.05) is 5.70 Å². The molecule has 0 amide bonds. The molecule has 0 heterocycles. The maximum Gasteiger partial charge on any atom is 0.115 e. The molecule has 0 spiro atoms. The lowest BCUT2D eigenvalue weighted by Crippen LogP contribution is -1.92. The van der Waals surface area contributed by atoms with E-state index in [4.69, 9.17) is 10.8 Å². The first-order chi connectivity index (χ1) is 4.70. The molecule has 0 fully saturated rings. The molecule has 0 saturated carbocycles. The molecule has 0 bridgehead atoms. The molecule has 0 saturated heterocycles. The van der Waals surface area contributed by atoms with Crippen LogP contribution in [0.4, 0.5) is 0 Å². The molecule has 0 aliphatic carbocycles. The fourth-order valence-electron chi connectivity index (χ4n) is 0.676. The molecule has 2 nitrogen and oxygen atoms in total. The highest BCUT2D eigenvalue weighted by molar-refractivity contribution is 5.60. The Kier molecular flexibility index (Phi) is 1.63. The van der Waals surface area contributed by atoms with E-state index < -0.39 is 0 Å². The molecule has 10 heavy (non-hydrogen) atoms. The number of hydrogen-bond acceptors (Lipinski definition) is 2. The molecule has 0 unspecified atom stereocenters. The number of phenolic OH excluding ortho intramolecular Hbond substituents is 1. The summed E-state index contributed by atoms with van der Waals surface area (Å²) in [5.41, 5.74) is 6.75. The predicted molar refractivity (Wildman–Crippen MR) is 41.3 cm³/mol. The third-order valence-electron chi connectivity index (χ3n) is 1.24. The maximum absolute atomic E-state index is 8.87. The fraction of sp³-hybridized carbons (Fsp3) is 0. The molecular weight excluding hydrogens is 126 g/mol. The molecule has 0 aromatic heterocycles. The van der Waals surface area contributed by atoms with Gasteiger partial charge in [-0.25, -0.2) is 0 Å². The van der Waals surface area contributed by atoms with Gasteiger partial charge in [-0.1, -0.05) is 6.58 Å². The molecule has 0 radical (unpaired) electrons. The van der Waals surface area contributed by atoms with Crippen molar-refractivity contribution in [1.29, 1.82) is 0 Å². The van der Waals surface area contributed by atoms with E-state index >= 15 is 0 Å². The molecule has 2 heteroatoms. The molecule has 1 aromatic carbocycles. The van der Waals surface area contributed by atoms with Crippen molar-refractivity contribution in [2.45, 2.75) is 0 Å². The molecule has 1 rings (SSSR count). The van der Waals surface area contributed by atoms with Crippen LogP contribution in [0.3, 0.4) is 0 Å². The average Bonchev–Trinajstić information content (AvgIpc) is 1.88. The summed E-state index contributed by atoms with van der Waals surface area (Å²) in [6.07, 6.45) is 0. The number of hydrogen-bond donors (Lipinski definition) is 2. The third kappa shape index (κ3) is 1.29. The van der Waals surface area contributed by atoms with Gasteiger partial charge in [-0.15, -0.1) is 0 Å². The second-order valence-electron chi connectivity index (χ2n) is 2.07. The predicted octanol–water partition coefficient (Wildman–Crippen LogP) is 1.32. The maximum atomic E-state index is 8.87. The second kappa shape index (κ2) is 2.43. The summed E-state index contributed by atoms with van der Waals surface area (Å²) in [5, 5.41) is 8.87. The minimum Gasteiger partial charge on any atom is -0.508 e. The van der Waals surface area contributed by atoms with Gasteiger partial charge in [-0.05, 0) is 29.8 Å². The van der Waals surface area contributed by atoms with Crippen LogP contribution in [-0.2, 0) is 0 Å². The van der Waals surface area contributed by atoms with E-state index in [0.717, 1.165) is 5.56 Å². The van der Waals surface area contributed by atoms with Crippen LogP contribution >= 0.6 is 0 Å². The highest BCUT2D eigenvalue weighted by Gasteiger charge is 1.91. The summed E-state index contributed by atoms with van der Waals surface area (Å²) < 4.78 is 0. The Labute approximate surface area is 59.6 Å². The zero-order valence-electron chi connectivity index (χ0n) is 5.54. The Morgan fingerprint density at radius 3 is 2.20 bits per heavy atom. The van der Waals surface area contributed by atoms with Gasteiger partial charge in [0.25, 0.3) is 0 Å². The minimum atomic E-state index is 0.241. The normalized spacial score (nSPS) is 9.20. The average molecular weight is 135 g/mol. The molecule has 3 N–H and O–H groups in total. The lowest BCUT2D eigenvalue weighted by Gasteiger charge is -1.97. The first-order valence-corrected chi connectivity index (χ1v) is 2.94. The lowest BCUT2D eigenvalue weighted by molar-refractivity contribution is 0.475. The summed E-state index contributed by atoms with van der Waals surface area (Å²) in [7, 11) is 0. The molecule has 52 valence electrons. The smallest absolute Gasteiger partial charge is 0.115 e. The standard InChI is InChI=1S/C8H9NO/c1-6(9)7-2-4-8(10)5-3-7/h2-5,10H,1,9H2. The number of phenols is 1. The van der Waals surface area contributed by atoms with Gasteiger partial charge in [0.05, 0.1) is 0 Å². The molecule has 0 aliphatic heterocycles. The fourth-order valence-corrected chi connectivity index (χ4v) is 0.676. The Balaban J connectivity index is 3.00. The summed E-state index contributed by atoms with van der Waals surface area (Å²) in [4.78, 5) is 0. The van der Waals surface area contributed by atoms with Crippen molar-refractivity contribution < 1.29 is 5.11 Å². The molecule has 0 aliphatic rings. The van der Waals surface area contributed by atoms with Crippen molar-refractivity contribution in [3.8, 4) is 5.75 Å². The van der Waals surface area contributed by atoms with Gasteiger partial charge in [0.2, 0.25) is 0 Å². The quantitative estimate of drug-likeness (QED) is 0.610. The molecule has 1 aromatic rings. The van der Waals surface area contributed by atoms with Crippen molar-refractivity contribution in [2.75, 3.05) is 0 Å². The van der Waals surface area contributed by atoms with Gasteiger partial charge in [0.15, 0.2) is 0 Å². The summed E-state index contributed by atoms with van der Waals surface area (Å²) in [6.45, 7) is 3.55. The summed E-state index contributed by atoms with van der Waals surface area (Å²) >= 11 is 0. The number of benzene rings is 1. The third-order valence-corrected chi connectivity index (χ3v) is 1.24. The van der Waals surface area contributed by atoms with E-state index in [1.54, 1.807) is 24.3 Å². The zero-order chi connectivity index (χ0) is 7.56. The van der Waals surface area contributed by atoms with E-state index in [1.165, 1.54) is 0 Å². The Bertz CT molecular complexity index is 238. The SMILES string of the molecule is C=C(N)c1ccc(O)cc1. The van der Waals surface area contributed by atoms with Gasteiger partial charge in [-0.2, -0.15) is 0 Å². The van der Waals surface area contributed by atoms with Crippen LogP contribution in [0.25, 0.3) is 5.70 Å². The highest BCUT2D eigenvalue weighted by atomic mass is 16.3. The lowest BCUT2D eigenvalue weighted by atomic mass is 10.2. The van der Waals surface area contributed by atoms with E-state index in [0.29, 0.717) is 5.70 Å². The van der Waals surface area contributed by atoms with Crippen molar-refractivity contribution in [2.24, 2.45) is 5.73 Å². The van der Waals surface area contributed by atoms with Crippen LogP contribution in [0.5, 0.6) is 5.75 Å². The number of nitrogens with two attached hydrogens (primary N) is 1. The van der Waals surface area contributed by atoms with Gasteiger partial charge < -0.3 is 10.8 Å². The largest absolute Gasteiger partial charge is 0.508 e. The Morgan fingerprint density at radius 1 is 1.30 bits per heavy atom. The molecular formula is C8H9NO. The number of rotatable bonds is 1. The number of aromatic hydroxyl groups is 1. The van der Waals surface area contributed by atoms with Gasteiger partial charge in [-0.3, -0.25) is 0 Å². The zero-order valence-corrected chi connectivity index (χ0v) is 5.54. The van der Waals surface area contributed by atoms with Crippen LogP contribution in [0.1, 0.15) is 5.56 Å². The highest BCUT2D eigenvalue weighted by Crippen LogP contribution is 2.12. The van der Waals surface area contributed by atoms with E-state index in [9.17, 15) is 0 Å². The van der Waals surface area contributed by atoms with Crippen LogP contribution in [-0.4, -0.2) is 5.11 Å². The van der Waals surface area contributed by atoms with E-state index in [-0.39, 0.29) is 5.75 Å². The first kappa shape index (κ1) is 6.68. The van der Waals surface area contributed by atoms with Crippen LogP contribution < -0.4 is 5.73 Å². The van der Waals surface area contributed by atoms with Gasteiger partial charge in [0.1, 0.15) is 5.75 Å². The van der Waals surface area contributed by atoms with Crippen LogP contribution in [0, 0.1) is 0 Å². The minimum absolute atomic E-state index is 0.241. The topological polar surface area (TPSA) is 46.2 Å². The van der Waals surface area contributed by atoms with Gasteiger partial charge >= 0.3 is 0 Å². The second-order valence-corrected chi connectivity index (χ2v) is 2.07. The van der Waals surface area contributed by atoms with Crippen molar-refractivity contribution in [3.63, 3.8) is 0 Å². The molecule has 0 atom stereocenters. The van der Waals surface area contributed by atoms with Crippen molar-refractivity contribution >= 4 is 5.70 Å². The summed E-state index contributed by atoms with van der Waals surface area (Å²) in [6, 6.07) is 6.59. The summed E-state index contributed by atoms with van der Waals surface area (Å²) in [5.74, 6) is 0.241. The van der Waals surface area contributed by atoms with Crippen molar-refractivity contribution in [3.05, 3.63) is 36.4 Å². The Hall–Kier alpha value is -1.44. The van der Waals surface area contributed by atoms with Crippen molar-refractivity contribution in [1.82, 2.24) is 0 Å². The monoisotopic (exact) mass is 135 g/mol. The van der Waals surface area contributed by atoms with E-state index in [2.05, 4.69) is 6.58 Å². The van der Waals surface area contributed by atoms with Crippen LogP contribution in [0.15, 0.2) is 30.8 Å². The Morgan fingerprint density at radius 2 is 1.80 bits per heavy atom. The first-order valence-electron chi connectivity index (χ1n) is 2.94.